The van der Waals surface area contributed by atoms with E-state index in [1.54, 1.807) is 0 Å². The van der Waals surface area contributed by atoms with Crippen molar-refractivity contribution in [1.82, 2.24) is 4.98 Å². The van der Waals surface area contributed by atoms with Gasteiger partial charge in [0.15, 0.2) is 0 Å². The summed E-state index contributed by atoms with van der Waals surface area (Å²) in [6, 6.07) is 2.10. The lowest BCUT2D eigenvalue weighted by molar-refractivity contribution is 0.960. The molecule has 0 aromatic carbocycles. The smallest absolute Gasteiger partial charge is 0.143 e. The van der Waals surface area contributed by atoms with E-state index in [1.165, 1.54) is 5.56 Å². The van der Waals surface area contributed by atoms with Gasteiger partial charge in [0, 0.05) is 19.3 Å². The molecule has 0 N–H and O–H groups in total. The third-order valence-corrected chi connectivity index (χ3v) is 2.66. The summed E-state index contributed by atoms with van der Waals surface area (Å²) in [4.78, 5) is 6.62. The predicted octanol–water partition coefficient (Wildman–Crippen LogP) is 2.53. The molecule has 2 nitrogen and oxygen atoms in total. The highest BCUT2D eigenvalue weighted by Gasteiger charge is 2.11. The van der Waals surface area contributed by atoms with Crippen molar-refractivity contribution in [3.63, 3.8) is 0 Å². The molecule has 1 aromatic heterocycles. The maximum Gasteiger partial charge on any atom is 0.143 e. The molecule has 0 bridgehead atoms. The molecule has 2 rings (SSSR count). The summed E-state index contributed by atoms with van der Waals surface area (Å²) in [5, 5.41) is 0. The fourth-order valence-corrected chi connectivity index (χ4v) is 2.12. The molecule has 0 spiro atoms. The summed E-state index contributed by atoms with van der Waals surface area (Å²) < 4.78 is 1.08. The van der Waals surface area contributed by atoms with Gasteiger partial charge in [-0.25, -0.2) is 4.98 Å². The zero-order valence-electron chi connectivity index (χ0n) is 7.50. The third kappa shape index (κ3) is 1.75. The number of hydrogen-bond donors (Lipinski definition) is 0. The molecule has 0 saturated carbocycles. The molecule has 0 atom stereocenters. The second kappa shape index (κ2) is 3.50. The molecule has 0 aliphatic carbocycles. The summed E-state index contributed by atoms with van der Waals surface area (Å²) in [6.45, 7) is 3.98. The van der Waals surface area contributed by atoms with E-state index in [0.717, 1.165) is 23.4 Å². The van der Waals surface area contributed by atoms with Crippen molar-refractivity contribution < 1.29 is 0 Å². The number of halogens is 1. The van der Waals surface area contributed by atoms with Crippen LogP contribution in [0.2, 0.25) is 0 Å². The molecule has 68 valence electrons. The molecular formula is C10H11BrN2. The van der Waals surface area contributed by atoms with Crippen LogP contribution in [0.4, 0.5) is 5.82 Å². The van der Waals surface area contributed by atoms with Gasteiger partial charge in [0.1, 0.15) is 5.82 Å². The van der Waals surface area contributed by atoms with Crippen molar-refractivity contribution in [2.45, 2.75) is 6.92 Å². The Balaban J connectivity index is 2.30. The van der Waals surface area contributed by atoms with Crippen molar-refractivity contribution >= 4 is 21.7 Å². The van der Waals surface area contributed by atoms with Crippen LogP contribution in [-0.4, -0.2) is 18.1 Å². The first kappa shape index (κ1) is 8.75. The lowest BCUT2D eigenvalue weighted by Crippen LogP contribution is -2.20. The van der Waals surface area contributed by atoms with Crippen LogP contribution in [-0.2, 0) is 0 Å². The number of nitrogens with zero attached hydrogens (tertiary/aromatic N) is 2. The van der Waals surface area contributed by atoms with Crippen molar-refractivity contribution in [3.8, 4) is 0 Å². The summed E-state index contributed by atoms with van der Waals surface area (Å²) in [5.74, 6) is 1.04. The lowest BCUT2D eigenvalue weighted by Gasteiger charge is -2.17. The van der Waals surface area contributed by atoms with Crippen LogP contribution in [0.15, 0.2) is 28.9 Å². The van der Waals surface area contributed by atoms with E-state index in [4.69, 9.17) is 0 Å². The highest BCUT2D eigenvalue weighted by molar-refractivity contribution is 9.10. The van der Waals surface area contributed by atoms with Crippen LogP contribution in [0.25, 0.3) is 0 Å². The van der Waals surface area contributed by atoms with E-state index in [-0.39, 0.29) is 0 Å². The van der Waals surface area contributed by atoms with Crippen molar-refractivity contribution in [1.29, 1.82) is 0 Å². The summed E-state index contributed by atoms with van der Waals surface area (Å²) in [7, 11) is 0. The van der Waals surface area contributed by atoms with Crippen LogP contribution in [0.1, 0.15) is 5.56 Å². The zero-order chi connectivity index (χ0) is 9.26. The first-order valence-electron chi connectivity index (χ1n) is 4.29. The van der Waals surface area contributed by atoms with Gasteiger partial charge in [0.2, 0.25) is 0 Å². The van der Waals surface area contributed by atoms with Gasteiger partial charge in [-0.2, -0.15) is 0 Å². The molecule has 0 fully saturated rings. The molecule has 1 aromatic rings. The molecule has 1 aliphatic heterocycles. The molecule has 0 saturated heterocycles. The fraction of sp³-hybridized carbons (Fsp3) is 0.300. The van der Waals surface area contributed by atoms with Crippen LogP contribution < -0.4 is 4.90 Å². The van der Waals surface area contributed by atoms with Crippen LogP contribution in [0, 0.1) is 6.92 Å². The van der Waals surface area contributed by atoms with E-state index >= 15 is 0 Å². The number of pyridine rings is 1. The average Bonchev–Trinajstić information content (AvgIpc) is 2.56. The quantitative estimate of drug-likeness (QED) is 0.700. The monoisotopic (exact) mass is 238 g/mol. The lowest BCUT2D eigenvalue weighted by atomic mass is 10.3. The number of rotatable bonds is 1. The first-order chi connectivity index (χ1) is 6.27. The first-order valence-corrected chi connectivity index (χ1v) is 5.09. The van der Waals surface area contributed by atoms with Gasteiger partial charge in [0.05, 0.1) is 4.47 Å². The number of hydrogen-bond acceptors (Lipinski definition) is 2. The molecule has 1 aliphatic rings. The summed E-state index contributed by atoms with van der Waals surface area (Å²) in [6.07, 6.45) is 6.22. The second-order valence-electron chi connectivity index (χ2n) is 3.19. The Morgan fingerprint density at radius 2 is 2.08 bits per heavy atom. The Morgan fingerprint density at radius 3 is 2.69 bits per heavy atom. The average molecular weight is 239 g/mol. The van der Waals surface area contributed by atoms with E-state index in [9.17, 15) is 0 Å². The molecule has 0 amide bonds. The minimum Gasteiger partial charge on any atom is -0.348 e. The third-order valence-electron chi connectivity index (χ3n) is 2.08. The van der Waals surface area contributed by atoms with E-state index < -0.39 is 0 Å². The summed E-state index contributed by atoms with van der Waals surface area (Å²) in [5.41, 5.74) is 1.18. The van der Waals surface area contributed by atoms with Crippen molar-refractivity contribution in [2.75, 3.05) is 18.0 Å². The van der Waals surface area contributed by atoms with Gasteiger partial charge in [-0.05, 0) is 34.5 Å². The Morgan fingerprint density at radius 1 is 1.38 bits per heavy atom. The largest absolute Gasteiger partial charge is 0.348 e. The molecule has 0 radical (unpaired) electrons. The second-order valence-corrected chi connectivity index (χ2v) is 4.05. The number of aromatic nitrogens is 1. The Hall–Kier alpha value is -0.830. The van der Waals surface area contributed by atoms with Gasteiger partial charge in [-0.1, -0.05) is 12.2 Å². The maximum atomic E-state index is 4.40. The molecule has 0 unspecified atom stereocenters. The number of aryl methyl sites for hydroxylation is 1. The van der Waals surface area contributed by atoms with Gasteiger partial charge in [-0.15, -0.1) is 0 Å². The molecule has 3 heteroatoms. The topological polar surface area (TPSA) is 16.1 Å². The highest BCUT2D eigenvalue weighted by atomic mass is 79.9. The van der Waals surface area contributed by atoms with Crippen molar-refractivity contribution in [2.24, 2.45) is 0 Å². The maximum absolute atomic E-state index is 4.40. The van der Waals surface area contributed by atoms with Gasteiger partial charge in [0.25, 0.3) is 0 Å². The van der Waals surface area contributed by atoms with E-state index in [2.05, 4.69) is 44.0 Å². The fourth-order valence-electron chi connectivity index (χ4n) is 1.41. The minimum absolute atomic E-state index is 0.967. The number of anilines is 1. The Kier molecular flexibility index (Phi) is 2.36. The standard InChI is InChI=1S/C10H11BrN2/c1-8-6-9(11)10(12-7-8)13-4-2-3-5-13/h2-3,6-7H,4-5H2,1H3. The molecule has 13 heavy (non-hydrogen) atoms. The van der Waals surface area contributed by atoms with Crippen molar-refractivity contribution in [3.05, 3.63) is 34.5 Å². The SMILES string of the molecule is Cc1cnc(N2CC=CC2)c(Br)c1. The summed E-state index contributed by atoms with van der Waals surface area (Å²) >= 11 is 3.53. The highest BCUT2D eigenvalue weighted by Crippen LogP contribution is 2.25. The Bertz CT molecular complexity index is 339. The Labute approximate surface area is 86.4 Å². The van der Waals surface area contributed by atoms with Crippen LogP contribution in [0.3, 0.4) is 0 Å². The minimum atomic E-state index is 0.967. The van der Waals surface area contributed by atoms with Gasteiger partial charge >= 0.3 is 0 Å². The predicted molar refractivity (Wildman–Crippen MR) is 58.0 cm³/mol. The van der Waals surface area contributed by atoms with E-state index in [0.29, 0.717) is 0 Å². The normalized spacial score (nSPS) is 15.4. The molecular weight excluding hydrogens is 228 g/mol. The van der Waals surface area contributed by atoms with Gasteiger partial charge < -0.3 is 4.90 Å². The van der Waals surface area contributed by atoms with E-state index in [1.807, 2.05) is 13.1 Å². The zero-order valence-corrected chi connectivity index (χ0v) is 9.08. The van der Waals surface area contributed by atoms with Crippen LogP contribution >= 0.6 is 15.9 Å². The molecule has 2 heterocycles. The van der Waals surface area contributed by atoms with Crippen LogP contribution in [0.5, 0.6) is 0 Å². The van der Waals surface area contributed by atoms with Gasteiger partial charge in [-0.3, -0.25) is 0 Å².